The molecule has 0 fully saturated rings. The van der Waals surface area contributed by atoms with Crippen molar-refractivity contribution in [3.8, 4) is 0 Å². The van der Waals surface area contributed by atoms with Gasteiger partial charge in [0.05, 0.1) is 5.71 Å². The summed E-state index contributed by atoms with van der Waals surface area (Å²) in [5.74, 6) is 0.499. The number of rotatable bonds is 2. The summed E-state index contributed by atoms with van der Waals surface area (Å²) >= 11 is 0. The van der Waals surface area contributed by atoms with Gasteiger partial charge < -0.3 is 11.5 Å². The first-order chi connectivity index (χ1) is 10.1. The van der Waals surface area contributed by atoms with Crippen molar-refractivity contribution in [3.63, 3.8) is 0 Å². The predicted molar refractivity (Wildman–Crippen MR) is 85.3 cm³/mol. The zero-order chi connectivity index (χ0) is 15.0. The lowest BCUT2D eigenvalue weighted by Gasteiger charge is -2.22. The van der Waals surface area contributed by atoms with Gasteiger partial charge in [0.15, 0.2) is 11.4 Å². The Kier molecular flexibility index (Phi) is 3.08. The first-order valence-electron chi connectivity index (χ1n) is 7.01. The fourth-order valence-corrected chi connectivity index (χ4v) is 2.85. The molecule has 0 bridgehead atoms. The van der Waals surface area contributed by atoms with Crippen LogP contribution in [0.4, 0.5) is 0 Å². The largest absolute Gasteiger partial charge is 0.385 e. The van der Waals surface area contributed by atoms with Crippen molar-refractivity contribution < 1.29 is 0 Å². The number of benzene rings is 1. The van der Waals surface area contributed by atoms with E-state index in [1.54, 1.807) is 0 Å². The normalized spacial score (nSPS) is 25.7. The quantitative estimate of drug-likeness (QED) is 0.559. The highest BCUT2D eigenvalue weighted by atomic mass is 15.2. The topological polar surface area (TPSA) is 113 Å². The minimum Gasteiger partial charge on any atom is -0.385 e. The van der Waals surface area contributed by atoms with Crippen molar-refractivity contribution in [3.05, 3.63) is 35.4 Å². The molecule has 1 unspecified atom stereocenters. The number of nitrogens with two attached hydrogens (primary N) is 2. The molecule has 3 rings (SSSR count). The van der Waals surface area contributed by atoms with Crippen LogP contribution in [0, 0.1) is 5.41 Å². The van der Waals surface area contributed by atoms with Gasteiger partial charge in [-0.05, 0) is 30.4 Å². The average Bonchev–Trinajstić information content (AvgIpc) is 3.01. The van der Waals surface area contributed by atoms with Crippen LogP contribution in [0.2, 0.25) is 0 Å². The number of aryl methyl sites for hydroxylation is 1. The second-order valence-corrected chi connectivity index (χ2v) is 5.25. The average molecular weight is 282 g/mol. The minimum absolute atomic E-state index is 0.0696. The lowest BCUT2D eigenvalue weighted by atomic mass is 9.94. The van der Waals surface area contributed by atoms with Gasteiger partial charge in [-0.15, -0.1) is 0 Å². The molecule has 1 heterocycles. The van der Waals surface area contributed by atoms with E-state index in [4.69, 9.17) is 16.9 Å². The van der Waals surface area contributed by atoms with Crippen LogP contribution < -0.4 is 11.5 Å². The van der Waals surface area contributed by atoms with Gasteiger partial charge in [0.2, 0.25) is 5.96 Å². The third kappa shape index (κ3) is 2.03. The molecule has 1 aromatic rings. The van der Waals surface area contributed by atoms with Gasteiger partial charge in [-0.2, -0.15) is 4.99 Å². The van der Waals surface area contributed by atoms with Gasteiger partial charge in [0, 0.05) is 0 Å². The van der Waals surface area contributed by atoms with Crippen LogP contribution in [0.3, 0.4) is 0 Å². The zero-order valence-corrected chi connectivity index (χ0v) is 11.9. The lowest BCUT2D eigenvalue weighted by molar-refractivity contribution is 0.706. The molecule has 21 heavy (non-hydrogen) atoms. The standard InChI is InChI=1S/C15H18N6/c1-2-15(12(16)17)13(20-14(18)21-15)19-11-8-7-9-5-3-4-6-10(9)11/h3-6H,2,7-8H2,1H3,(H3,16,17)(H2,18,21). The SMILES string of the molecule is CCC1(C(=N)N)N=C(N)N=C1N=C1CCc2ccccc21. The predicted octanol–water partition coefficient (Wildman–Crippen LogP) is 1.23. The molecule has 0 saturated heterocycles. The van der Waals surface area contributed by atoms with Gasteiger partial charge in [-0.3, -0.25) is 5.41 Å². The monoisotopic (exact) mass is 282 g/mol. The smallest absolute Gasteiger partial charge is 0.218 e. The molecule has 0 amide bonds. The maximum absolute atomic E-state index is 7.84. The van der Waals surface area contributed by atoms with Crippen LogP contribution in [-0.4, -0.2) is 28.9 Å². The molecule has 1 atom stereocenters. The number of amidine groups is 2. The number of hydrogen-bond acceptors (Lipinski definition) is 5. The summed E-state index contributed by atoms with van der Waals surface area (Å²) in [6, 6.07) is 8.19. The van der Waals surface area contributed by atoms with Crippen LogP contribution in [-0.2, 0) is 6.42 Å². The molecule has 2 aliphatic rings. The Morgan fingerprint density at radius 2 is 2.14 bits per heavy atom. The maximum Gasteiger partial charge on any atom is 0.218 e. The van der Waals surface area contributed by atoms with E-state index in [0.29, 0.717) is 12.3 Å². The molecule has 0 spiro atoms. The van der Waals surface area contributed by atoms with E-state index in [0.717, 1.165) is 24.1 Å². The molecule has 5 N–H and O–H groups in total. The number of hydrogen-bond donors (Lipinski definition) is 3. The number of nitrogens with one attached hydrogen (secondary N) is 1. The van der Waals surface area contributed by atoms with Crippen molar-refractivity contribution in [2.75, 3.05) is 0 Å². The van der Waals surface area contributed by atoms with Gasteiger partial charge in [0.25, 0.3) is 0 Å². The minimum atomic E-state index is -1.01. The van der Waals surface area contributed by atoms with Crippen molar-refractivity contribution in [1.82, 2.24) is 0 Å². The Balaban J connectivity index is 2.04. The summed E-state index contributed by atoms with van der Waals surface area (Å²) in [6.07, 6.45) is 2.34. The first-order valence-corrected chi connectivity index (χ1v) is 7.01. The lowest BCUT2D eigenvalue weighted by Crippen LogP contribution is -2.46. The summed E-state index contributed by atoms with van der Waals surface area (Å²) in [6.45, 7) is 1.90. The summed E-state index contributed by atoms with van der Waals surface area (Å²) in [4.78, 5) is 13.1. The Labute approximate surface area is 123 Å². The molecule has 0 aromatic heterocycles. The fourth-order valence-electron chi connectivity index (χ4n) is 2.85. The molecule has 0 saturated carbocycles. The van der Waals surface area contributed by atoms with Gasteiger partial charge in [0.1, 0.15) is 5.84 Å². The van der Waals surface area contributed by atoms with E-state index >= 15 is 0 Å². The Morgan fingerprint density at radius 3 is 2.86 bits per heavy atom. The number of guanidine groups is 1. The van der Waals surface area contributed by atoms with Gasteiger partial charge in [-0.25, -0.2) is 9.98 Å². The van der Waals surface area contributed by atoms with Crippen LogP contribution >= 0.6 is 0 Å². The maximum atomic E-state index is 7.84. The molecule has 0 radical (unpaired) electrons. The van der Waals surface area contributed by atoms with Crippen LogP contribution in [0.5, 0.6) is 0 Å². The first kappa shape index (κ1) is 13.5. The van der Waals surface area contributed by atoms with Gasteiger partial charge >= 0.3 is 0 Å². The molecule has 1 aliphatic heterocycles. The van der Waals surface area contributed by atoms with Crippen molar-refractivity contribution >= 4 is 23.3 Å². The summed E-state index contributed by atoms with van der Waals surface area (Å²) < 4.78 is 0. The van der Waals surface area contributed by atoms with E-state index < -0.39 is 5.54 Å². The highest BCUT2D eigenvalue weighted by Gasteiger charge is 2.42. The molecular weight excluding hydrogens is 264 g/mol. The van der Waals surface area contributed by atoms with Crippen LogP contribution in [0.15, 0.2) is 39.2 Å². The Morgan fingerprint density at radius 1 is 1.38 bits per heavy atom. The van der Waals surface area contributed by atoms with Gasteiger partial charge in [-0.1, -0.05) is 31.2 Å². The molecule has 6 nitrogen and oxygen atoms in total. The van der Waals surface area contributed by atoms with E-state index in [1.807, 2.05) is 19.1 Å². The third-order valence-electron chi connectivity index (χ3n) is 4.05. The zero-order valence-electron chi connectivity index (χ0n) is 11.9. The van der Waals surface area contributed by atoms with E-state index in [2.05, 4.69) is 27.1 Å². The highest BCUT2D eigenvalue weighted by Crippen LogP contribution is 2.27. The summed E-state index contributed by atoms with van der Waals surface area (Å²) in [7, 11) is 0. The second-order valence-electron chi connectivity index (χ2n) is 5.25. The van der Waals surface area contributed by atoms with Crippen LogP contribution in [0.25, 0.3) is 0 Å². The van der Waals surface area contributed by atoms with Crippen molar-refractivity contribution in [2.45, 2.75) is 31.7 Å². The molecule has 1 aromatic carbocycles. The Bertz CT molecular complexity index is 700. The van der Waals surface area contributed by atoms with E-state index in [9.17, 15) is 0 Å². The van der Waals surface area contributed by atoms with Crippen LogP contribution in [0.1, 0.15) is 30.9 Å². The molecule has 6 heteroatoms. The summed E-state index contributed by atoms with van der Waals surface area (Å²) in [5.41, 5.74) is 13.8. The highest BCUT2D eigenvalue weighted by molar-refractivity contribution is 6.24. The Hall–Kier alpha value is -2.50. The number of nitrogens with zero attached hydrogens (tertiary/aromatic N) is 3. The molecule has 1 aliphatic carbocycles. The van der Waals surface area contributed by atoms with E-state index in [-0.39, 0.29) is 11.8 Å². The number of aliphatic imine (C=N–C) groups is 3. The fraction of sp³-hybridized carbons (Fsp3) is 0.333. The van der Waals surface area contributed by atoms with Crippen molar-refractivity contribution in [2.24, 2.45) is 26.4 Å². The van der Waals surface area contributed by atoms with Crippen molar-refractivity contribution in [1.29, 1.82) is 5.41 Å². The molecular formula is C15H18N6. The second kappa shape index (κ2) is 4.80. The third-order valence-corrected chi connectivity index (χ3v) is 4.05. The summed E-state index contributed by atoms with van der Waals surface area (Å²) in [5, 5.41) is 7.84. The molecule has 108 valence electrons. The van der Waals surface area contributed by atoms with E-state index in [1.165, 1.54) is 5.56 Å². The number of fused-ring (bicyclic) bond motifs is 1.